The van der Waals surface area contributed by atoms with Gasteiger partial charge in [0.15, 0.2) is 11.2 Å². The molecule has 0 bridgehead atoms. The van der Waals surface area contributed by atoms with E-state index >= 15 is 4.39 Å². The largest absolute Gasteiger partial charge is 0.482 e. The average molecular weight is 580 g/mol. The molecule has 2 aliphatic heterocycles. The predicted octanol–water partition coefficient (Wildman–Crippen LogP) is 4.22. The van der Waals surface area contributed by atoms with Crippen molar-refractivity contribution in [1.82, 2.24) is 14.5 Å². The maximum atomic E-state index is 15.4. The van der Waals surface area contributed by atoms with Crippen LogP contribution in [0.2, 0.25) is 5.02 Å². The van der Waals surface area contributed by atoms with Crippen LogP contribution in [0.15, 0.2) is 29.2 Å². The molecule has 1 fully saturated rings. The fourth-order valence-corrected chi connectivity index (χ4v) is 5.61. The van der Waals surface area contributed by atoms with Gasteiger partial charge in [-0.3, -0.25) is 4.79 Å². The summed E-state index contributed by atoms with van der Waals surface area (Å²) in [5.74, 6) is 0.407. The Labute approximate surface area is 232 Å². The lowest BCUT2D eigenvalue weighted by atomic mass is 9.75. The highest BCUT2D eigenvalue weighted by Gasteiger charge is 2.45. The number of piperidine rings is 1. The second kappa shape index (κ2) is 10.3. The summed E-state index contributed by atoms with van der Waals surface area (Å²) in [4.78, 5) is 24.0. The number of aryl methyl sites for hydroxylation is 1. The molecule has 0 saturated carbocycles. The summed E-state index contributed by atoms with van der Waals surface area (Å²) in [5, 5.41) is 5.55. The Morgan fingerprint density at radius 2 is 2.13 bits per heavy atom. The molecular weight excluding hydrogens is 547 g/mol. The number of nitrogens with one attached hydrogen (secondary N) is 2. The first kappa shape index (κ1) is 27.8. The van der Waals surface area contributed by atoms with Gasteiger partial charge >= 0.3 is 0 Å². The molecule has 3 aromatic rings. The van der Waals surface area contributed by atoms with Crippen molar-refractivity contribution < 1.29 is 13.5 Å². The molecule has 0 aliphatic carbocycles. The van der Waals surface area contributed by atoms with Crippen LogP contribution in [0.1, 0.15) is 20.3 Å². The van der Waals surface area contributed by atoms with Crippen molar-refractivity contribution in [3.8, 4) is 5.75 Å². The maximum Gasteiger partial charge on any atom is 0.295 e. The molecule has 1 aromatic carbocycles. The van der Waals surface area contributed by atoms with Gasteiger partial charge in [0.2, 0.25) is 11.7 Å². The van der Waals surface area contributed by atoms with E-state index in [9.17, 15) is 9.18 Å². The summed E-state index contributed by atoms with van der Waals surface area (Å²) in [6.45, 7) is 4.54. The lowest BCUT2D eigenvalue weighted by Crippen LogP contribution is -2.54. The van der Waals surface area contributed by atoms with Crippen molar-refractivity contribution in [2.45, 2.75) is 31.3 Å². The zero-order valence-corrected chi connectivity index (χ0v) is 24.0. The highest BCUT2D eigenvalue weighted by molar-refractivity contribution is 7.18. The standard InChI is InChI=1S/C26H33ClF2N7O2P/c1-14-10-36(11-15(6-7-30)25(14,2)28)24-31-9-18(27)22(34-24)33-16-4-5-19-17(8-16)20-21(23(37)35(19)3)38-13-26(29,39)12-32-20/h4-5,8-9,14-15,32H,6-7,10-13,30,39H2,1-3H3,(H,31,33,34). The van der Waals surface area contributed by atoms with Gasteiger partial charge in [-0.25, -0.2) is 13.8 Å². The van der Waals surface area contributed by atoms with E-state index in [1.54, 1.807) is 26.1 Å². The summed E-state index contributed by atoms with van der Waals surface area (Å²) in [7, 11) is 3.77. The molecule has 4 heterocycles. The fourth-order valence-electron chi connectivity index (χ4n) is 5.29. The molecule has 1 saturated heterocycles. The Morgan fingerprint density at radius 3 is 2.87 bits per heavy atom. The molecule has 5 rings (SSSR count). The van der Waals surface area contributed by atoms with Crippen LogP contribution in [-0.2, 0) is 7.05 Å². The van der Waals surface area contributed by atoms with Crippen LogP contribution in [0, 0.1) is 11.8 Å². The number of alkyl halides is 2. The van der Waals surface area contributed by atoms with Crippen molar-refractivity contribution in [3.05, 3.63) is 39.8 Å². The lowest BCUT2D eigenvalue weighted by Gasteiger charge is -2.45. The van der Waals surface area contributed by atoms with Crippen LogP contribution in [0.4, 0.5) is 31.9 Å². The molecule has 0 spiro atoms. The van der Waals surface area contributed by atoms with Crippen molar-refractivity contribution in [3.63, 3.8) is 0 Å². The van der Waals surface area contributed by atoms with E-state index in [0.717, 1.165) is 0 Å². The van der Waals surface area contributed by atoms with Crippen LogP contribution in [0.3, 0.4) is 0 Å². The number of halogens is 3. The predicted molar refractivity (Wildman–Crippen MR) is 155 cm³/mol. The minimum atomic E-state index is -1.72. The molecule has 0 amide bonds. The van der Waals surface area contributed by atoms with Crippen LogP contribution in [0.25, 0.3) is 10.9 Å². The maximum absolute atomic E-state index is 15.4. The summed E-state index contributed by atoms with van der Waals surface area (Å²) < 4.78 is 37.1. The van der Waals surface area contributed by atoms with Crippen molar-refractivity contribution in [1.29, 1.82) is 0 Å². The molecule has 0 radical (unpaired) electrons. The number of ether oxygens (including phenoxy) is 1. The number of anilines is 4. The first-order valence-electron chi connectivity index (χ1n) is 12.9. The number of hydrogen-bond acceptors (Lipinski definition) is 8. The number of rotatable bonds is 5. The summed E-state index contributed by atoms with van der Waals surface area (Å²) >= 11 is 6.47. The van der Waals surface area contributed by atoms with E-state index in [-0.39, 0.29) is 36.3 Å². The Balaban J connectivity index is 1.48. The zero-order chi connectivity index (χ0) is 28.1. The number of hydrogen-bond donors (Lipinski definition) is 3. The first-order valence-corrected chi connectivity index (χ1v) is 13.8. The Morgan fingerprint density at radius 1 is 1.36 bits per heavy atom. The van der Waals surface area contributed by atoms with Gasteiger partial charge in [0.25, 0.3) is 5.56 Å². The van der Waals surface area contributed by atoms with Crippen LogP contribution < -0.4 is 31.6 Å². The number of benzene rings is 1. The molecular formula is C26H33ClF2N7O2P. The minimum absolute atomic E-state index is 0.0387. The fraction of sp³-hybridized carbons (Fsp3) is 0.500. The van der Waals surface area contributed by atoms with Crippen LogP contribution in [0.5, 0.6) is 5.75 Å². The third-order valence-corrected chi connectivity index (χ3v) is 8.51. The minimum Gasteiger partial charge on any atom is -0.482 e. The smallest absolute Gasteiger partial charge is 0.295 e. The molecule has 9 nitrogen and oxygen atoms in total. The topological polar surface area (TPSA) is 110 Å². The van der Waals surface area contributed by atoms with Crippen molar-refractivity contribution >= 4 is 54.9 Å². The second-order valence-electron chi connectivity index (χ2n) is 10.7. The molecule has 2 aromatic heterocycles. The summed E-state index contributed by atoms with van der Waals surface area (Å²) in [6, 6.07) is 5.41. The molecule has 13 heteroatoms. The molecule has 5 atom stereocenters. The van der Waals surface area contributed by atoms with Gasteiger partial charge in [-0.05, 0) is 38.1 Å². The number of aromatic nitrogens is 3. The number of nitrogens with two attached hydrogens (primary N) is 1. The van der Waals surface area contributed by atoms with Gasteiger partial charge in [0, 0.05) is 43.0 Å². The Bertz CT molecular complexity index is 1470. The van der Waals surface area contributed by atoms with Crippen molar-refractivity contribution in [2.75, 3.05) is 48.3 Å². The van der Waals surface area contributed by atoms with Gasteiger partial charge < -0.3 is 30.6 Å². The molecule has 2 aliphatic rings. The third-order valence-electron chi connectivity index (χ3n) is 7.86. The van der Waals surface area contributed by atoms with E-state index in [1.807, 2.05) is 17.9 Å². The number of fused-ring (bicyclic) bond motifs is 3. The quantitative estimate of drug-likeness (QED) is 0.386. The second-order valence-corrected chi connectivity index (χ2v) is 12.1. The molecule has 210 valence electrons. The Hall–Kier alpha value is -2.75. The molecule has 39 heavy (non-hydrogen) atoms. The van der Waals surface area contributed by atoms with Crippen LogP contribution in [-0.4, -0.2) is 58.4 Å². The third kappa shape index (κ3) is 5.24. The highest BCUT2D eigenvalue weighted by atomic mass is 35.5. The molecule has 5 unspecified atom stereocenters. The van der Waals surface area contributed by atoms with Crippen LogP contribution >= 0.6 is 20.8 Å². The average Bonchev–Trinajstić information content (AvgIpc) is 3.05. The Kier molecular flexibility index (Phi) is 7.37. The monoisotopic (exact) mass is 579 g/mol. The highest BCUT2D eigenvalue weighted by Crippen LogP contribution is 2.40. The summed E-state index contributed by atoms with van der Waals surface area (Å²) in [6.07, 6.45) is 2.08. The van der Waals surface area contributed by atoms with E-state index < -0.39 is 11.1 Å². The lowest BCUT2D eigenvalue weighted by molar-refractivity contribution is 0.0239. The first-order chi connectivity index (χ1) is 18.4. The zero-order valence-electron chi connectivity index (χ0n) is 22.1. The van der Waals surface area contributed by atoms with E-state index in [4.69, 9.17) is 22.1 Å². The molecule has 4 N–H and O–H groups in total. The SMILES string of the molecule is CC1CN(c2ncc(Cl)c(Nc3ccc4c(c3)c3c(c(=O)n4C)OCC(F)(P)CN3)n2)CC(CCN)C1(C)F. The van der Waals surface area contributed by atoms with Gasteiger partial charge in [0.05, 0.1) is 23.9 Å². The number of nitrogens with zero attached hydrogens (tertiary/aromatic N) is 4. The van der Waals surface area contributed by atoms with E-state index in [1.165, 1.54) is 10.8 Å². The number of pyridine rings is 1. The van der Waals surface area contributed by atoms with E-state index in [0.29, 0.717) is 65.1 Å². The van der Waals surface area contributed by atoms with Gasteiger partial charge in [-0.1, -0.05) is 27.8 Å². The van der Waals surface area contributed by atoms with E-state index in [2.05, 4.69) is 29.8 Å². The summed E-state index contributed by atoms with van der Waals surface area (Å²) in [5.41, 5.74) is 5.79. The van der Waals surface area contributed by atoms with Crippen molar-refractivity contribution in [2.24, 2.45) is 24.6 Å². The normalized spacial score (nSPS) is 26.9. The van der Waals surface area contributed by atoms with Gasteiger partial charge in [-0.15, -0.1) is 0 Å². The van der Waals surface area contributed by atoms with Gasteiger partial charge in [0.1, 0.15) is 17.3 Å². The van der Waals surface area contributed by atoms with Gasteiger partial charge in [-0.2, -0.15) is 4.98 Å².